The van der Waals surface area contributed by atoms with E-state index in [2.05, 4.69) is 5.32 Å². The quantitative estimate of drug-likeness (QED) is 0.776. The van der Waals surface area contributed by atoms with Crippen LogP contribution in [0.4, 0.5) is 0 Å². The number of hydrogen-bond acceptors (Lipinski definition) is 4. The van der Waals surface area contributed by atoms with Gasteiger partial charge in [-0.25, -0.2) is 4.79 Å². The molecular weight excluding hydrogens is 256 g/mol. The van der Waals surface area contributed by atoms with Gasteiger partial charge < -0.3 is 15.0 Å². The number of esters is 1. The minimum absolute atomic E-state index is 0.156. The molecule has 112 valence electrons. The molecule has 3 fully saturated rings. The Morgan fingerprint density at radius 1 is 1.30 bits per heavy atom. The summed E-state index contributed by atoms with van der Waals surface area (Å²) in [5.74, 6) is 1.39. The van der Waals surface area contributed by atoms with Crippen LogP contribution in [0.3, 0.4) is 0 Å². The highest BCUT2D eigenvalue weighted by Crippen LogP contribution is 2.49. The third-order valence-corrected chi connectivity index (χ3v) is 5.14. The summed E-state index contributed by atoms with van der Waals surface area (Å²) < 4.78 is 5.11. The van der Waals surface area contributed by atoms with Gasteiger partial charge in [-0.15, -0.1) is 0 Å². The molecule has 0 radical (unpaired) electrons. The molecule has 3 rings (SSSR count). The highest BCUT2D eigenvalue weighted by molar-refractivity contribution is 5.86. The number of ether oxygens (including phenoxy) is 1. The molecule has 1 saturated heterocycles. The van der Waals surface area contributed by atoms with Crippen LogP contribution in [0, 0.1) is 17.8 Å². The number of carbonyl (C=O) groups is 2. The Labute approximate surface area is 120 Å². The second kappa shape index (κ2) is 5.72. The predicted octanol–water partition coefficient (Wildman–Crippen LogP) is 0.786. The van der Waals surface area contributed by atoms with Gasteiger partial charge in [-0.05, 0) is 38.0 Å². The van der Waals surface area contributed by atoms with Crippen LogP contribution >= 0.6 is 0 Å². The van der Waals surface area contributed by atoms with E-state index in [1.165, 1.54) is 19.3 Å². The molecule has 5 nitrogen and oxygen atoms in total. The van der Waals surface area contributed by atoms with Crippen molar-refractivity contribution >= 4 is 11.9 Å². The Hall–Kier alpha value is -1.10. The molecule has 20 heavy (non-hydrogen) atoms. The third kappa shape index (κ3) is 2.43. The van der Waals surface area contributed by atoms with Crippen LogP contribution in [0.15, 0.2) is 0 Å². The van der Waals surface area contributed by atoms with Gasteiger partial charge in [-0.1, -0.05) is 6.42 Å². The first-order chi connectivity index (χ1) is 9.70. The van der Waals surface area contributed by atoms with E-state index >= 15 is 0 Å². The van der Waals surface area contributed by atoms with Crippen LogP contribution in [0.25, 0.3) is 0 Å². The van der Waals surface area contributed by atoms with Crippen molar-refractivity contribution in [3.05, 3.63) is 0 Å². The zero-order valence-corrected chi connectivity index (χ0v) is 12.1. The first kappa shape index (κ1) is 13.9. The molecular formula is C15H24N2O3. The van der Waals surface area contributed by atoms with Crippen molar-refractivity contribution in [1.82, 2.24) is 10.2 Å². The van der Waals surface area contributed by atoms with E-state index in [0.717, 1.165) is 18.9 Å². The Bertz CT molecular complexity index is 399. The van der Waals surface area contributed by atoms with E-state index in [0.29, 0.717) is 25.6 Å². The van der Waals surface area contributed by atoms with Crippen LogP contribution in [-0.2, 0) is 14.3 Å². The summed E-state index contributed by atoms with van der Waals surface area (Å²) in [6.07, 6.45) is 4.73. The van der Waals surface area contributed by atoms with Crippen molar-refractivity contribution in [3.8, 4) is 0 Å². The maximum absolute atomic E-state index is 12.8. The van der Waals surface area contributed by atoms with Gasteiger partial charge in [0.05, 0.1) is 6.61 Å². The number of fused-ring (bicyclic) bond motifs is 2. The predicted molar refractivity (Wildman–Crippen MR) is 73.9 cm³/mol. The second-order valence-electron chi connectivity index (χ2n) is 6.28. The number of nitrogens with one attached hydrogen (secondary N) is 1. The van der Waals surface area contributed by atoms with E-state index in [4.69, 9.17) is 4.74 Å². The number of piperazine rings is 1. The van der Waals surface area contributed by atoms with Gasteiger partial charge in [-0.3, -0.25) is 4.79 Å². The van der Waals surface area contributed by atoms with Crippen molar-refractivity contribution in [3.63, 3.8) is 0 Å². The summed E-state index contributed by atoms with van der Waals surface area (Å²) in [7, 11) is 0. The second-order valence-corrected chi connectivity index (χ2v) is 6.28. The highest BCUT2D eigenvalue weighted by Gasteiger charge is 2.46. The van der Waals surface area contributed by atoms with Crippen LogP contribution in [0.2, 0.25) is 0 Å². The molecule has 0 aromatic carbocycles. The number of hydrogen-bond donors (Lipinski definition) is 1. The van der Waals surface area contributed by atoms with Gasteiger partial charge in [-0.2, -0.15) is 0 Å². The monoisotopic (exact) mass is 280 g/mol. The lowest BCUT2D eigenvalue weighted by Gasteiger charge is -2.37. The minimum atomic E-state index is -0.435. The van der Waals surface area contributed by atoms with E-state index < -0.39 is 6.04 Å². The standard InChI is InChI=1S/C15H24N2O3/c1-2-20-15(19)13-9-16-5-6-17(13)14(18)12-8-10-3-4-11(12)7-10/h10-13,16H,2-9H2,1H3. The smallest absolute Gasteiger partial charge is 0.330 e. The first-order valence-electron chi connectivity index (χ1n) is 7.88. The molecule has 2 bridgehead atoms. The zero-order valence-electron chi connectivity index (χ0n) is 12.1. The molecule has 0 aromatic heterocycles. The van der Waals surface area contributed by atoms with Crippen molar-refractivity contribution in [2.75, 3.05) is 26.2 Å². The lowest BCUT2D eigenvalue weighted by Crippen LogP contribution is -2.59. The number of carbonyl (C=O) groups excluding carboxylic acids is 2. The van der Waals surface area contributed by atoms with Crippen molar-refractivity contribution in [2.24, 2.45) is 17.8 Å². The highest BCUT2D eigenvalue weighted by atomic mass is 16.5. The van der Waals surface area contributed by atoms with Gasteiger partial charge in [0.15, 0.2) is 0 Å². The summed E-state index contributed by atoms with van der Waals surface area (Å²) in [5.41, 5.74) is 0. The number of nitrogens with zero attached hydrogens (tertiary/aromatic N) is 1. The topological polar surface area (TPSA) is 58.6 Å². The molecule has 5 heteroatoms. The van der Waals surface area contributed by atoms with Gasteiger partial charge in [0, 0.05) is 25.6 Å². The lowest BCUT2D eigenvalue weighted by molar-refractivity contribution is -0.158. The molecule has 2 aliphatic carbocycles. The summed E-state index contributed by atoms with van der Waals surface area (Å²) >= 11 is 0. The lowest BCUT2D eigenvalue weighted by atomic mass is 9.87. The van der Waals surface area contributed by atoms with Gasteiger partial charge in [0.2, 0.25) is 5.91 Å². The van der Waals surface area contributed by atoms with Crippen LogP contribution in [-0.4, -0.2) is 49.1 Å². The maximum atomic E-state index is 12.8. The molecule has 4 unspecified atom stereocenters. The SMILES string of the molecule is CCOC(=O)C1CNCCN1C(=O)C1CC2CCC1C2. The molecule has 1 aliphatic heterocycles. The molecule has 1 amide bonds. The maximum Gasteiger partial charge on any atom is 0.330 e. The summed E-state index contributed by atoms with van der Waals surface area (Å²) in [6.45, 7) is 4.08. The van der Waals surface area contributed by atoms with Gasteiger partial charge in [0.25, 0.3) is 0 Å². The fourth-order valence-corrected chi connectivity index (χ4v) is 4.18. The molecule has 4 atom stereocenters. The Balaban J connectivity index is 1.69. The van der Waals surface area contributed by atoms with Crippen molar-refractivity contribution < 1.29 is 14.3 Å². The molecule has 1 heterocycles. The minimum Gasteiger partial charge on any atom is -0.464 e. The molecule has 3 aliphatic rings. The van der Waals surface area contributed by atoms with Crippen LogP contribution < -0.4 is 5.32 Å². The Morgan fingerprint density at radius 2 is 2.15 bits per heavy atom. The molecule has 1 N–H and O–H groups in total. The van der Waals surface area contributed by atoms with E-state index in [9.17, 15) is 9.59 Å². The molecule has 0 spiro atoms. The average molecular weight is 280 g/mol. The van der Waals surface area contributed by atoms with Crippen molar-refractivity contribution in [2.45, 2.75) is 38.6 Å². The molecule has 0 aromatic rings. The first-order valence-corrected chi connectivity index (χ1v) is 7.88. The number of rotatable bonds is 3. The Morgan fingerprint density at radius 3 is 2.80 bits per heavy atom. The fourth-order valence-electron chi connectivity index (χ4n) is 4.18. The fraction of sp³-hybridized carbons (Fsp3) is 0.867. The zero-order chi connectivity index (χ0) is 14.1. The van der Waals surface area contributed by atoms with Crippen molar-refractivity contribution in [1.29, 1.82) is 0 Å². The van der Waals surface area contributed by atoms with E-state index in [1.807, 2.05) is 0 Å². The van der Waals surface area contributed by atoms with E-state index in [-0.39, 0.29) is 17.8 Å². The third-order valence-electron chi connectivity index (χ3n) is 5.14. The normalized spacial score (nSPS) is 36.1. The van der Waals surface area contributed by atoms with E-state index in [1.54, 1.807) is 11.8 Å². The van der Waals surface area contributed by atoms with Gasteiger partial charge >= 0.3 is 5.97 Å². The summed E-state index contributed by atoms with van der Waals surface area (Å²) in [5, 5.41) is 3.19. The summed E-state index contributed by atoms with van der Waals surface area (Å²) in [4.78, 5) is 26.6. The largest absolute Gasteiger partial charge is 0.464 e. The Kier molecular flexibility index (Phi) is 3.96. The molecule has 2 saturated carbocycles. The average Bonchev–Trinajstić information content (AvgIpc) is 3.09. The van der Waals surface area contributed by atoms with Gasteiger partial charge in [0.1, 0.15) is 6.04 Å². The summed E-state index contributed by atoms with van der Waals surface area (Å²) in [6, 6.07) is -0.435. The number of amides is 1. The van der Waals surface area contributed by atoms with Crippen LogP contribution in [0.5, 0.6) is 0 Å². The van der Waals surface area contributed by atoms with Crippen LogP contribution in [0.1, 0.15) is 32.6 Å².